The van der Waals surface area contributed by atoms with Gasteiger partial charge in [-0.15, -0.1) is 0 Å². The zero-order valence-corrected chi connectivity index (χ0v) is 21.0. The summed E-state index contributed by atoms with van der Waals surface area (Å²) < 4.78 is 6.57. The van der Waals surface area contributed by atoms with Crippen molar-refractivity contribution >= 4 is 27.7 Å². The molecule has 0 bridgehead atoms. The molecule has 0 aliphatic carbocycles. The number of hydrogen-bond donors (Lipinski definition) is 0. The van der Waals surface area contributed by atoms with Gasteiger partial charge in [0.25, 0.3) is 5.91 Å². The molecule has 0 saturated heterocycles. The fraction of sp³-hybridized carbons (Fsp3) is 0.333. The van der Waals surface area contributed by atoms with Gasteiger partial charge in [0.15, 0.2) is 0 Å². The van der Waals surface area contributed by atoms with Crippen LogP contribution in [0.5, 0.6) is 0 Å². The summed E-state index contributed by atoms with van der Waals surface area (Å²) >= 11 is 3.43. The van der Waals surface area contributed by atoms with E-state index in [9.17, 15) is 9.59 Å². The van der Waals surface area contributed by atoms with Crippen LogP contribution in [-0.4, -0.2) is 40.7 Å². The highest BCUT2D eigenvalue weighted by Gasteiger charge is 2.26. The minimum absolute atomic E-state index is 0.0227. The largest absolute Gasteiger partial charge is 0.464 e. The van der Waals surface area contributed by atoms with Crippen LogP contribution < -0.4 is 0 Å². The van der Waals surface area contributed by atoms with Crippen molar-refractivity contribution in [3.63, 3.8) is 0 Å². The smallest absolute Gasteiger partial charge is 0.254 e. The van der Waals surface area contributed by atoms with Gasteiger partial charge in [-0.25, -0.2) is 0 Å². The lowest BCUT2D eigenvalue weighted by molar-refractivity contribution is -0.133. The predicted molar refractivity (Wildman–Crippen MR) is 134 cm³/mol. The number of furan rings is 1. The van der Waals surface area contributed by atoms with E-state index in [4.69, 9.17) is 4.42 Å². The first-order valence-electron chi connectivity index (χ1n) is 11.3. The molecule has 2 amide bonds. The zero-order valence-electron chi connectivity index (χ0n) is 19.5. The molecule has 6 heteroatoms. The van der Waals surface area contributed by atoms with E-state index in [0.29, 0.717) is 18.7 Å². The third kappa shape index (κ3) is 7.06. The van der Waals surface area contributed by atoms with Crippen LogP contribution in [0.15, 0.2) is 75.6 Å². The summed E-state index contributed by atoms with van der Waals surface area (Å²) in [5, 5.41) is 0. The highest BCUT2D eigenvalue weighted by atomic mass is 79.9. The Bertz CT molecular complexity index is 1060. The molecule has 1 aromatic heterocycles. The van der Waals surface area contributed by atoms with Crippen molar-refractivity contribution in [2.45, 2.75) is 46.2 Å². The van der Waals surface area contributed by atoms with Gasteiger partial charge in [-0.3, -0.25) is 9.59 Å². The van der Waals surface area contributed by atoms with Gasteiger partial charge >= 0.3 is 0 Å². The minimum Gasteiger partial charge on any atom is -0.464 e. The second-order valence-electron chi connectivity index (χ2n) is 8.26. The van der Waals surface area contributed by atoms with Crippen LogP contribution in [0, 0.1) is 6.92 Å². The summed E-state index contributed by atoms with van der Waals surface area (Å²) in [7, 11) is 0. The first kappa shape index (κ1) is 24.8. The van der Waals surface area contributed by atoms with E-state index < -0.39 is 0 Å². The number of aryl methyl sites for hydroxylation is 1. The van der Waals surface area contributed by atoms with Gasteiger partial charge < -0.3 is 14.2 Å². The number of carbonyl (C=O) groups excluding carboxylic acids is 2. The Morgan fingerprint density at radius 3 is 2.42 bits per heavy atom. The average Bonchev–Trinajstić information content (AvgIpc) is 3.24. The predicted octanol–water partition coefficient (Wildman–Crippen LogP) is 5.86. The Morgan fingerprint density at radius 1 is 1.03 bits per heavy atom. The van der Waals surface area contributed by atoms with Crippen LogP contribution in [0.25, 0.3) is 0 Å². The molecule has 33 heavy (non-hydrogen) atoms. The number of carbonyl (C=O) groups is 2. The normalized spacial score (nSPS) is 11.8. The Balaban J connectivity index is 1.79. The third-order valence-electron chi connectivity index (χ3n) is 5.77. The molecular weight excluding hydrogens is 480 g/mol. The average molecular weight is 511 g/mol. The van der Waals surface area contributed by atoms with Crippen LogP contribution in [0.1, 0.15) is 47.7 Å². The molecule has 2 aromatic carbocycles. The maximum atomic E-state index is 13.5. The fourth-order valence-electron chi connectivity index (χ4n) is 3.64. The second kappa shape index (κ2) is 11.8. The van der Waals surface area contributed by atoms with E-state index in [2.05, 4.69) is 28.1 Å². The number of benzene rings is 2. The maximum Gasteiger partial charge on any atom is 0.254 e. The summed E-state index contributed by atoms with van der Waals surface area (Å²) in [6.45, 7) is 6.83. The molecule has 3 aromatic rings. The van der Waals surface area contributed by atoms with Gasteiger partial charge in [-0.2, -0.15) is 0 Å². The van der Waals surface area contributed by atoms with Crippen LogP contribution in [0.3, 0.4) is 0 Å². The highest BCUT2D eigenvalue weighted by molar-refractivity contribution is 9.10. The Kier molecular flexibility index (Phi) is 8.89. The molecule has 0 aliphatic heterocycles. The number of halogens is 1. The Hall–Kier alpha value is -2.86. The summed E-state index contributed by atoms with van der Waals surface area (Å²) in [5.41, 5.74) is 1.73. The van der Waals surface area contributed by atoms with Gasteiger partial charge in [0.05, 0.1) is 6.54 Å². The lowest BCUT2D eigenvalue weighted by Gasteiger charge is -2.31. The molecule has 0 aliphatic rings. The molecule has 0 radical (unpaired) electrons. The van der Waals surface area contributed by atoms with E-state index in [1.54, 1.807) is 21.9 Å². The van der Waals surface area contributed by atoms with Crippen molar-refractivity contribution in [3.8, 4) is 0 Å². The van der Waals surface area contributed by atoms with Gasteiger partial charge in [0.1, 0.15) is 18.1 Å². The molecule has 0 N–H and O–H groups in total. The summed E-state index contributed by atoms with van der Waals surface area (Å²) in [4.78, 5) is 30.3. The molecule has 0 saturated carbocycles. The van der Waals surface area contributed by atoms with E-state index in [1.165, 1.54) is 0 Å². The third-order valence-corrected chi connectivity index (χ3v) is 6.26. The van der Waals surface area contributed by atoms with Crippen molar-refractivity contribution in [3.05, 3.63) is 93.9 Å². The highest BCUT2D eigenvalue weighted by Crippen LogP contribution is 2.17. The first-order valence-corrected chi connectivity index (χ1v) is 12.1. The lowest BCUT2D eigenvalue weighted by Crippen LogP contribution is -2.46. The summed E-state index contributed by atoms with van der Waals surface area (Å²) in [6, 6.07) is 21.1. The summed E-state index contributed by atoms with van der Waals surface area (Å²) in [5.74, 6) is 1.31. The van der Waals surface area contributed by atoms with Crippen molar-refractivity contribution in [2.24, 2.45) is 0 Å². The molecule has 5 nitrogen and oxygen atoms in total. The standard InChI is InChI=1S/C27H31BrN2O3/c1-4-20(2)30(27(32)23-11-8-12-24(28)17-23)19-26(31)29(18-25-14-13-21(3)33-25)16-15-22-9-6-5-7-10-22/h5-14,17,20H,4,15-16,18-19H2,1-3H3/t20-/m0/s1. The van der Waals surface area contributed by atoms with Crippen LogP contribution in [-0.2, 0) is 17.8 Å². The molecule has 3 rings (SSSR count). The fourth-order valence-corrected chi connectivity index (χ4v) is 4.04. The van der Waals surface area contributed by atoms with E-state index in [-0.39, 0.29) is 24.4 Å². The Morgan fingerprint density at radius 2 is 1.79 bits per heavy atom. The summed E-state index contributed by atoms with van der Waals surface area (Å²) in [6.07, 6.45) is 1.49. The van der Waals surface area contributed by atoms with Crippen molar-refractivity contribution in [1.29, 1.82) is 0 Å². The van der Waals surface area contributed by atoms with Gasteiger partial charge in [0.2, 0.25) is 5.91 Å². The molecule has 1 heterocycles. The number of rotatable bonds is 10. The van der Waals surface area contributed by atoms with E-state index in [1.807, 2.05) is 63.2 Å². The van der Waals surface area contributed by atoms with Crippen LogP contribution in [0.2, 0.25) is 0 Å². The van der Waals surface area contributed by atoms with Gasteiger partial charge in [0, 0.05) is 22.6 Å². The number of amides is 2. The topological polar surface area (TPSA) is 53.8 Å². The van der Waals surface area contributed by atoms with Crippen molar-refractivity contribution in [1.82, 2.24) is 9.80 Å². The molecule has 174 valence electrons. The number of hydrogen-bond acceptors (Lipinski definition) is 3. The van der Waals surface area contributed by atoms with Crippen LogP contribution >= 0.6 is 15.9 Å². The van der Waals surface area contributed by atoms with Gasteiger partial charge in [-0.05, 0) is 62.6 Å². The minimum atomic E-state index is -0.143. The van der Waals surface area contributed by atoms with E-state index >= 15 is 0 Å². The Labute approximate surface area is 204 Å². The second-order valence-corrected chi connectivity index (χ2v) is 9.18. The van der Waals surface area contributed by atoms with Crippen LogP contribution in [0.4, 0.5) is 0 Å². The molecule has 0 spiro atoms. The maximum absolute atomic E-state index is 13.5. The number of nitrogens with zero attached hydrogens (tertiary/aromatic N) is 2. The van der Waals surface area contributed by atoms with Crippen molar-refractivity contribution in [2.75, 3.05) is 13.1 Å². The van der Waals surface area contributed by atoms with E-state index in [0.717, 1.165) is 34.4 Å². The van der Waals surface area contributed by atoms with Gasteiger partial charge in [-0.1, -0.05) is 59.3 Å². The first-order chi connectivity index (χ1) is 15.9. The molecular formula is C27H31BrN2O3. The monoisotopic (exact) mass is 510 g/mol. The lowest BCUT2D eigenvalue weighted by atomic mass is 10.1. The molecule has 0 unspecified atom stereocenters. The quantitative estimate of drug-likeness (QED) is 0.343. The van der Waals surface area contributed by atoms with Crippen molar-refractivity contribution < 1.29 is 14.0 Å². The zero-order chi connectivity index (χ0) is 23.8. The SMILES string of the molecule is CC[C@H](C)N(CC(=O)N(CCc1ccccc1)Cc1ccc(C)o1)C(=O)c1cccc(Br)c1. The molecule has 0 fully saturated rings. The molecule has 1 atom stereocenters.